The van der Waals surface area contributed by atoms with E-state index in [9.17, 15) is 0 Å². The highest BCUT2D eigenvalue weighted by molar-refractivity contribution is 5.15. The second-order valence-corrected chi connectivity index (χ2v) is 2.68. The van der Waals surface area contributed by atoms with Crippen LogP contribution in [0.1, 0.15) is 6.42 Å². The second-order valence-electron chi connectivity index (χ2n) is 2.68. The van der Waals surface area contributed by atoms with Gasteiger partial charge in [0.15, 0.2) is 0 Å². The molecule has 0 aromatic heterocycles. The average molecular weight is 144 g/mol. The lowest BCUT2D eigenvalue weighted by Crippen LogP contribution is -2.17. The molecule has 1 rings (SSSR count). The highest BCUT2D eigenvalue weighted by Crippen LogP contribution is 2.29. The molecule has 0 spiro atoms. The maximum absolute atomic E-state index is 9.15. The molecule has 0 radical (unpaired) electrons. The number of aliphatic hydroxyl groups is 3. The Morgan fingerprint density at radius 1 is 1.50 bits per heavy atom. The van der Waals surface area contributed by atoms with Crippen LogP contribution in [-0.2, 0) is 0 Å². The third kappa shape index (κ3) is 1.08. The molecule has 10 heavy (non-hydrogen) atoms. The maximum Gasteiger partial charge on any atom is 0.0776 e. The first-order chi connectivity index (χ1) is 4.66. The molecule has 0 amide bonds. The van der Waals surface area contributed by atoms with Crippen LogP contribution in [0.25, 0.3) is 0 Å². The number of aliphatic hydroxyl groups excluding tert-OH is 3. The highest BCUT2D eigenvalue weighted by atomic mass is 16.3. The van der Waals surface area contributed by atoms with Crippen molar-refractivity contribution in [2.24, 2.45) is 5.92 Å². The Morgan fingerprint density at radius 3 is 2.30 bits per heavy atom. The van der Waals surface area contributed by atoms with E-state index < -0.39 is 12.2 Å². The van der Waals surface area contributed by atoms with Crippen molar-refractivity contribution in [2.75, 3.05) is 6.61 Å². The van der Waals surface area contributed by atoms with Gasteiger partial charge in [0.2, 0.25) is 0 Å². The minimum Gasteiger partial charge on any atom is -0.396 e. The van der Waals surface area contributed by atoms with E-state index >= 15 is 0 Å². The van der Waals surface area contributed by atoms with Gasteiger partial charge in [-0.1, -0.05) is 6.58 Å². The predicted octanol–water partition coefficient (Wildman–Crippen LogP) is -0.723. The van der Waals surface area contributed by atoms with Crippen LogP contribution in [0.3, 0.4) is 0 Å². The van der Waals surface area contributed by atoms with E-state index in [-0.39, 0.29) is 12.5 Å². The summed E-state index contributed by atoms with van der Waals surface area (Å²) < 4.78 is 0. The van der Waals surface area contributed by atoms with Crippen molar-refractivity contribution in [3.05, 3.63) is 12.2 Å². The van der Waals surface area contributed by atoms with Gasteiger partial charge < -0.3 is 15.3 Å². The van der Waals surface area contributed by atoms with Crippen molar-refractivity contribution < 1.29 is 15.3 Å². The van der Waals surface area contributed by atoms with E-state index in [4.69, 9.17) is 15.3 Å². The molecule has 0 unspecified atom stereocenters. The van der Waals surface area contributed by atoms with E-state index in [0.29, 0.717) is 12.0 Å². The molecule has 0 bridgehead atoms. The van der Waals surface area contributed by atoms with Gasteiger partial charge in [0.1, 0.15) is 0 Å². The molecule has 58 valence electrons. The molecule has 0 aromatic carbocycles. The first-order valence-corrected chi connectivity index (χ1v) is 3.32. The summed E-state index contributed by atoms with van der Waals surface area (Å²) in [4.78, 5) is 0. The van der Waals surface area contributed by atoms with E-state index in [2.05, 4.69) is 6.58 Å². The van der Waals surface area contributed by atoms with E-state index in [0.717, 1.165) is 0 Å². The Hall–Kier alpha value is -0.380. The van der Waals surface area contributed by atoms with Gasteiger partial charge in [-0.15, -0.1) is 0 Å². The number of hydrogen-bond acceptors (Lipinski definition) is 3. The third-order valence-electron chi connectivity index (χ3n) is 2.03. The lowest BCUT2D eigenvalue weighted by Gasteiger charge is -2.10. The summed E-state index contributed by atoms with van der Waals surface area (Å²) in [6.07, 6.45) is -0.941. The van der Waals surface area contributed by atoms with Gasteiger partial charge in [-0.2, -0.15) is 0 Å². The summed E-state index contributed by atoms with van der Waals surface area (Å²) >= 11 is 0. The Labute approximate surface area is 59.6 Å². The predicted molar refractivity (Wildman–Crippen MR) is 36.3 cm³/mol. The normalized spacial score (nSPS) is 40.7. The lowest BCUT2D eigenvalue weighted by atomic mass is 10.0. The van der Waals surface area contributed by atoms with Crippen LogP contribution in [0, 0.1) is 5.92 Å². The van der Waals surface area contributed by atoms with Gasteiger partial charge in [0.05, 0.1) is 18.8 Å². The van der Waals surface area contributed by atoms with Crippen molar-refractivity contribution >= 4 is 0 Å². The molecule has 0 heterocycles. The zero-order chi connectivity index (χ0) is 7.72. The monoisotopic (exact) mass is 144 g/mol. The van der Waals surface area contributed by atoms with Gasteiger partial charge in [0.25, 0.3) is 0 Å². The molecule has 3 heteroatoms. The molecular formula is C7H12O3. The summed E-state index contributed by atoms with van der Waals surface area (Å²) in [6, 6.07) is 0. The lowest BCUT2D eigenvalue weighted by molar-refractivity contribution is 0.0940. The molecule has 1 aliphatic rings. The minimum absolute atomic E-state index is 0.128. The Morgan fingerprint density at radius 2 is 2.10 bits per heavy atom. The Kier molecular flexibility index (Phi) is 2.08. The van der Waals surface area contributed by atoms with E-state index in [1.165, 1.54) is 0 Å². The van der Waals surface area contributed by atoms with Crippen LogP contribution in [0.15, 0.2) is 12.2 Å². The molecule has 0 aromatic rings. The van der Waals surface area contributed by atoms with Crippen molar-refractivity contribution in [1.82, 2.24) is 0 Å². The van der Waals surface area contributed by atoms with Crippen LogP contribution >= 0.6 is 0 Å². The first-order valence-electron chi connectivity index (χ1n) is 3.32. The quantitative estimate of drug-likeness (QED) is 0.425. The largest absolute Gasteiger partial charge is 0.396 e. The minimum atomic E-state index is -0.632. The fourth-order valence-electron chi connectivity index (χ4n) is 1.28. The number of hydrogen-bond donors (Lipinski definition) is 3. The van der Waals surface area contributed by atoms with Crippen LogP contribution in [0.5, 0.6) is 0 Å². The van der Waals surface area contributed by atoms with Crippen molar-refractivity contribution in [2.45, 2.75) is 18.6 Å². The van der Waals surface area contributed by atoms with E-state index in [1.54, 1.807) is 0 Å². The van der Waals surface area contributed by atoms with Crippen LogP contribution < -0.4 is 0 Å². The van der Waals surface area contributed by atoms with Crippen LogP contribution in [-0.4, -0.2) is 34.1 Å². The van der Waals surface area contributed by atoms with Gasteiger partial charge >= 0.3 is 0 Å². The highest BCUT2D eigenvalue weighted by Gasteiger charge is 2.34. The summed E-state index contributed by atoms with van der Waals surface area (Å²) in [5.74, 6) is -0.324. The Balaban J connectivity index is 2.64. The molecule has 1 fully saturated rings. The summed E-state index contributed by atoms with van der Waals surface area (Å²) in [5.41, 5.74) is 0.551. The van der Waals surface area contributed by atoms with Gasteiger partial charge in [-0.3, -0.25) is 0 Å². The SMILES string of the molecule is C=C1[C@H](O)C[C@H](O)[C@H]1CO. The average Bonchev–Trinajstić information content (AvgIpc) is 2.09. The van der Waals surface area contributed by atoms with E-state index in [1.807, 2.05) is 0 Å². The zero-order valence-electron chi connectivity index (χ0n) is 5.70. The molecule has 3 atom stereocenters. The summed E-state index contributed by atoms with van der Waals surface area (Å²) in [5, 5.41) is 26.9. The van der Waals surface area contributed by atoms with Gasteiger partial charge in [-0.25, -0.2) is 0 Å². The summed E-state index contributed by atoms with van der Waals surface area (Å²) in [6.45, 7) is 3.44. The molecule has 1 aliphatic carbocycles. The first kappa shape index (κ1) is 7.72. The van der Waals surface area contributed by atoms with Crippen LogP contribution in [0.4, 0.5) is 0 Å². The molecule has 0 aliphatic heterocycles. The zero-order valence-corrected chi connectivity index (χ0v) is 5.70. The standard InChI is InChI=1S/C7H12O3/c1-4-5(3-8)7(10)2-6(4)9/h5-10H,1-3H2/t5-,6+,7-/m0/s1. The van der Waals surface area contributed by atoms with Crippen molar-refractivity contribution in [3.63, 3.8) is 0 Å². The van der Waals surface area contributed by atoms with Gasteiger partial charge in [0, 0.05) is 12.3 Å². The summed E-state index contributed by atoms with van der Waals surface area (Å²) in [7, 11) is 0. The Bertz CT molecular complexity index is 144. The fourth-order valence-corrected chi connectivity index (χ4v) is 1.28. The van der Waals surface area contributed by atoms with Gasteiger partial charge in [-0.05, 0) is 5.57 Å². The molecule has 0 saturated heterocycles. The van der Waals surface area contributed by atoms with Crippen molar-refractivity contribution in [1.29, 1.82) is 0 Å². The topological polar surface area (TPSA) is 60.7 Å². The maximum atomic E-state index is 9.15. The van der Waals surface area contributed by atoms with Crippen molar-refractivity contribution in [3.8, 4) is 0 Å². The molecule has 3 nitrogen and oxygen atoms in total. The molecule has 1 saturated carbocycles. The molecule has 3 N–H and O–H groups in total. The second kappa shape index (κ2) is 2.70. The third-order valence-corrected chi connectivity index (χ3v) is 2.03. The molecular weight excluding hydrogens is 132 g/mol. The fraction of sp³-hybridized carbons (Fsp3) is 0.714. The number of rotatable bonds is 1. The van der Waals surface area contributed by atoms with Crippen LogP contribution in [0.2, 0.25) is 0 Å². The smallest absolute Gasteiger partial charge is 0.0776 e.